The molecule has 0 aliphatic carbocycles. The topological polar surface area (TPSA) is 29.1 Å². The molecule has 1 heterocycles. The molecule has 0 radical (unpaired) electrons. The Labute approximate surface area is 55.6 Å². The van der Waals surface area contributed by atoms with E-state index in [2.05, 4.69) is 5.32 Å². The Morgan fingerprint density at radius 2 is 1.78 bits per heavy atom. The van der Waals surface area contributed by atoms with Crippen LogP contribution in [0.4, 0.5) is 0 Å². The monoisotopic (exact) mass is 127 g/mol. The zero-order chi connectivity index (χ0) is 6.85. The summed E-state index contributed by atoms with van der Waals surface area (Å²) >= 11 is 0. The van der Waals surface area contributed by atoms with Gasteiger partial charge in [-0.1, -0.05) is 13.8 Å². The summed E-state index contributed by atoms with van der Waals surface area (Å²) in [6, 6.07) is 0. The van der Waals surface area contributed by atoms with Crippen molar-refractivity contribution in [3.05, 3.63) is 0 Å². The Hall–Kier alpha value is -0.370. The van der Waals surface area contributed by atoms with Gasteiger partial charge in [0.25, 0.3) is 0 Å². The van der Waals surface area contributed by atoms with E-state index in [1.54, 1.807) is 0 Å². The van der Waals surface area contributed by atoms with E-state index in [1.807, 2.05) is 13.8 Å². The molecule has 0 amide bonds. The molecule has 2 nitrogen and oxygen atoms in total. The minimum absolute atomic E-state index is 0.230. The summed E-state index contributed by atoms with van der Waals surface area (Å²) in [6.07, 6.45) is 0. The van der Waals surface area contributed by atoms with Crippen LogP contribution in [0.1, 0.15) is 13.8 Å². The van der Waals surface area contributed by atoms with E-state index < -0.39 is 0 Å². The van der Waals surface area contributed by atoms with E-state index in [-0.39, 0.29) is 11.8 Å². The van der Waals surface area contributed by atoms with Crippen molar-refractivity contribution in [2.24, 2.45) is 11.8 Å². The minimum atomic E-state index is 0.230. The van der Waals surface area contributed by atoms with Gasteiger partial charge in [0.15, 0.2) is 0 Å². The fraction of sp³-hybridized carbons (Fsp3) is 0.857. The average molecular weight is 127 g/mol. The summed E-state index contributed by atoms with van der Waals surface area (Å²) < 4.78 is 0. The molecule has 0 aromatic heterocycles. The third kappa shape index (κ3) is 1.30. The van der Waals surface area contributed by atoms with Crippen molar-refractivity contribution in [3.63, 3.8) is 0 Å². The van der Waals surface area contributed by atoms with Crippen LogP contribution in [0.5, 0.6) is 0 Å². The molecule has 2 heteroatoms. The molecule has 1 N–H and O–H groups in total. The molecule has 1 rings (SSSR count). The van der Waals surface area contributed by atoms with E-state index in [0.29, 0.717) is 5.78 Å². The second-order valence-corrected chi connectivity index (χ2v) is 2.86. The second kappa shape index (κ2) is 2.48. The first-order valence-corrected chi connectivity index (χ1v) is 3.46. The van der Waals surface area contributed by atoms with E-state index in [1.165, 1.54) is 0 Å². The van der Waals surface area contributed by atoms with Gasteiger partial charge in [-0.15, -0.1) is 0 Å². The van der Waals surface area contributed by atoms with Crippen LogP contribution >= 0.6 is 0 Å². The van der Waals surface area contributed by atoms with Gasteiger partial charge in [0, 0.05) is 24.9 Å². The maximum Gasteiger partial charge on any atom is 0.141 e. The lowest BCUT2D eigenvalue weighted by Crippen LogP contribution is -2.41. The van der Waals surface area contributed by atoms with Crippen LogP contribution in [-0.4, -0.2) is 18.9 Å². The molecule has 1 aliphatic rings. The van der Waals surface area contributed by atoms with Crippen molar-refractivity contribution in [3.8, 4) is 0 Å². The van der Waals surface area contributed by atoms with Gasteiger partial charge in [-0.2, -0.15) is 0 Å². The molecule has 1 fully saturated rings. The maximum atomic E-state index is 11.1. The van der Waals surface area contributed by atoms with Crippen LogP contribution in [0.25, 0.3) is 0 Å². The summed E-state index contributed by atoms with van der Waals surface area (Å²) in [5.41, 5.74) is 0. The van der Waals surface area contributed by atoms with Gasteiger partial charge in [-0.05, 0) is 0 Å². The summed E-state index contributed by atoms with van der Waals surface area (Å²) in [5, 5.41) is 3.19. The first-order chi connectivity index (χ1) is 4.22. The van der Waals surface area contributed by atoms with Crippen molar-refractivity contribution in [1.82, 2.24) is 5.32 Å². The highest BCUT2D eigenvalue weighted by atomic mass is 16.1. The maximum absolute atomic E-state index is 11.1. The Kier molecular flexibility index (Phi) is 1.86. The number of piperidine rings is 1. The lowest BCUT2D eigenvalue weighted by Gasteiger charge is -2.22. The summed E-state index contributed by atoms with van der Waals surface area (Å²) in [7, 11) is 0. The molecule has 2 atom stereocenters. The Bertz CT molecular complexity index is 110. The molecule has 1 saturated heterocycles. The molecule has 0 aromatic carbocycles. The Morgan fingerprint density at radius 1 is 1.33 bits per heavy atom. The SMILES string of the molecule is C[C@@H]1CNC[C@@H](C)C1=O. The van der Waals surface area contributed by atoms with Crippen LogP contribution in [-0.2, 0) is 4.79 Å². The molecular weight excluding hydrogens is 114 g/mol. The highest BCUT2D eigenvalue weighted by Gasteiger charge is 2.23. The number of carbonyl (C=O) groups is 1. The Morgan fingerprint density at radius 3 is 2.11 bits per heavy atom. The molecule has 0 unspecified atom stereocenters. The zero-order valence-corrected chi connectivity index (χ0v) is 5.98. The third-order valence-corrected chi connectivity index (χ3v) is 1.87. The second-order valence-electron chi connectivity index (χ2n) is 2.86. The molecule has 9 heavy (non-hydrogen) atoms. The highest BCUT2D eigenvalue weighted by Crippen LogP contribution is 2.09. The minimum Gasteiger partial charge on any atom is -0.315 e. The molecule has 0 saturated carbocycles. The fourth-order valence-electron chi connectivity index (χ4n) is 1.20. The van der Waals surface area contributed by atoms with Crippen molar-refractivity contribution in [1.29, 1.82) is 0 Å². The fourth-order valence-corrected chi connectivity index (χ4v) is 1.20. The van der Waals surface area contributed by atoms with E-state index in [9.17, 15) is 4.79 Å². The van der Waals surface area contributed by atoms with Crippen molar-refractivity contribution < 1.29 is 4.79 Å². The number of carbonyl (C=O) groups excluding carboxylic acids is 1. The van der Waals surface area contributed by atoms with Gasteiger partial charge in [-0.25, -0.2) is 0 Å². The smallest absolute Gasteiger partial charge is 0.141 e. The number of hydrogen-bond acceptors (Lipinski definition) is 2. The quantitative estimate of drug-likeness (QED) is 0.511. The molecule has 0 spiro atoms. The van der Waals surface area contributed by atoms with Gasteiger partial charge in [-0.3, -0.25) is 4.79 Å². The number of ketones is 1. The van der Waals surface area contributed by atoms with Gasteiger partial charge >= 0.3 is 0 Å². The molecule has 0 bridgehead atoms. The predicted molar refractivity (Wildman–Crippen MR) is 36.2 cm³/mol. The summed E-state index contributed by atoms with van der Waals surface area (Å²) in [6.45, 7) is 5.68. The number of rotatable bonds is 0. The van der Waals surface area contributed by atoms with Gasteiger partial charge in [0.2, 0.25) is 0 Å². The number of Topliss-reactive ketones (excluding diaryl/α,β-unsaturated/α-hetero) is 1. The van der Waals surface area contributed by atoms with Crippen LogP contribution in [0, 0.1) is 11.8 Å². The van der Waals surface area contributed by atoms with E-state index in [0.717, 1.165) is 13.1 Å². The molecule has 0 aromatic rings. The van der Waals surface area contributed by atoms with Crippen molar-refractivity contribution in [2.45, 2.75) is 13.8 Å². The van der Waals surface area contributed by atoms with Gasteiger partial charge < -0.3 is 5.32 Å². The third-order valence-electron chi connectivity index (χ3n) is 1.87. The lowest BCUT2D eigenvalue weighted by molar-refractivity contribution is -0.127. The zero-order valence-electron chi connectivity index (χ0n) is 5.98. The standard InChI is InChI=1S/C7H13NO/c1-5-3-8-4-6(2)7(5)9/h5-6,8H,3-4H2,1-2H3/t5-,6-/m1/s1. The number of hydrogen-bond donors (Lipinski definition) is 1. The average Bonchev–Trinajstić information content (AvgIpc) is 1.83. The molecule has 1 aliphatic heterocycles. The van der Waals surface area contributed by atoms with Gasteiger partial charge in [0.1, 0.15) is 5.78 Å². The van der Waals surface area contributed by atoms with Crippen molar-refractivity contribution >= 4 is 5.78 Å². The number of nitrogens with one attached hydrogen (secondary N) is 1. The van der Waals surface area contributed by atoms with Gasteiger partial charge in [0.05, 0.1) is 0 Å². The van der Waals surface area contributed by atoms with E-state index >= 15 is 0 Å². The summed E-state index contributed by atoms with van der Waals surface area (Å²) in [5.74, 6) is 0.872. The Balaban J connectivity index is 2.52. The highest BCUT2D eigenvalue weighted by molar-refractivity contribution is 5.83. The normalized spacial score (nSPS) is 36.9. The van der Waals surface area contributed by atoms with E-state index in [4.69, 9.17) is 0 Å². The largest absolute Gasteiger partial charge is 0.315 e. The molecule has 52 valence electrons. The first kappa shape index (κ1) is 6.75. The van der Waals surface area contributed by atoms with Crippen LogP contribution in [0.2, 0.25) is 0 Å². The van der Waals surface area contributed by atoms with Crippen molar-refractivity contribution in [2.75, 3.05) is 13.1 Å². The molecular formula is C7H13NO. The van der Waals surface area contributed by atoms with Crippen LogP contribution < -0.4 is 5.32 Å². The summed E-state index contributed by atoms with van der Waals surface area (Å²) in [4.78, 5) is 11.1. The van der Waals surface area contributed by atoms with Crippen LogP contribution in [0.3, 0.4) is 0 Å². The lowest BCUT2D eigenvalue weighted by atomic mass is 9.92. The predicted octanol–water partition coefficient (Wildman–Crippen LogP) is 0.431. The first-order valence-electron chi connectivity index (χ1n) is 3.46. The van der Waals surface area contributed by atoms with Crippen LogP contribution in [0.15, 0.2) is 0 Å².